The highest BCUT2D eigenvalue weighted by molar-refractivity contribution is 6.04. The van der Waals surface area contributed by atoms with Gasteiger partial charge in [0.1, 0.15) is 0 Å². The van der Waals surface area contributed by atoms with E-state index in [-0.39, 0.29) is 5.91 Å². The Labute approximate surface area is 142 Å². The van der Waals surface area contributed by atoms with E-state index in [9.17, 15) is 4.79 Å². The summed E-state index contributed by atoms with van der Waals surface area (Å²) in [5, 5.41) is 2.95. The third-order valence-electron chi connectivity index (χ3n) is 3.89. The smallest absolute Gasteiger partial charge is 0.255 e. The van der Waals surface area contributed by atoms with Crippen LogP contribution >= 0.6 is 0 Å². The van der Waals surface area contributed by atoms with Gasteiger partial charge in [0.2, 0.25) is 0 Å². The van der Waals surface area contributed by atoms with Crippen molar-refractivity contribution < 1.29 is 4.79 Å². The van der Waals surface area contributed by atoms with Crippen molar-refractivity contribution in [2.45, 2.75) is 13.3 Å². The van der Waals surface area contributed by atoms with Gasteiger partial charge in [-0.15, -0.1) is 0 Å². The van der Waals surface area contributed by atoms with E-state index in [4.69, 9.17) is 5.73 Å². The maximum atomic E-state index is 12.3. The average Bonchev–Trinajstić information content (AvgIpc) is 2.58. The minimum Gasteiger partial charge on any atom is -0.399 e. The Morgan fingerprint density at radius 2 is 1.62 bits per heavy atom. The Balaban J connectivity index is 1.71. The third-order valence-corrected chi connectivity index (χ3v) is 3.89. The number of nitrogens with two attached hydrogens (primary N) is 1. The maximum absolute atomic E-state index is 12.3. The summed E-state index contributed by atoms with van der Waals surface area (Å²) in [6.45, 7) is 2.00. The van der Waals surface area contributed by atoms with Crippen molar-refractivity contribution in [2.24, 2.45) is 0 Å². The first-order chi connectivity index (χ1) is 11.6. The Morgan fingerprint density at radius 1 is 0.917 bits per heavy atom. The van der Waals surface area contributed by atoms with Gasteiger partial charge in [0.05, 0.1) is 0 Å². The molecule has 0 bridgehead atoms. The summed E-state index contributed by atoms with van der Waals surface area (Å²) >= 11 is 0. The summed E-state index contributed by atoms with van der Waals surface area (Å²) < 4.78 is 0. The molecule has 3 rings (SSSR count). The van der Waals surface area contributed by atoms with Gasteiger partial charge in [-0.25, -0.2) is 0 Å². The monoisotopic (exact) mass is 316 g/mol. The van der Waals surface area contributed by atoms with Crippen molar-refractivity contribution in [3.8, 4) is 0 Å². The van der Waals surface area contributed by atoms with E-state index < -0.39 is 0 Å². The van der Waals surface area contributed by atoms with Crippen LogP contribution in [0.2, 0.25) is 0 Å². The lowest BCUT2D eigenvalue weighted by Gasteiger charge is -2.08. The summed E-state index contributed by atoms with van der Waals surface area (Å²) in [6, 6.07) is 23.3. The van der Waals surface area contributed by atoms with Crippen LogP contribution in [0.3, 0.4) is 0 Å². The number of amides is 1. The number of benzene rings is 3. The molecule has 0 saturated carbocycles. The molecule has 0 heterocycles. The van der Waals surface area contributed by atoms with E-state index in [1.807, 2.05) is 73.7 Å². The Bertz CT molecular complexity index is 836. The SMILES string of the molecule is Cc1ccc(C(=O)Nc2cccc(Cc3ccc(N)cc3)c2)cc1. The molecule has 1 amide bonds. The van der Waals surface area contributed by atoms with Crippen LogP contribution in [0, 0.1) is 6.92 Å². The number of carbonyl (C=O) groups excluding carboxylic acids is 1. The number of nitrogens with one attached hydrogen (secondary N) is 1. The highest BCUT2D eigenvalue weighted by Gasteiger charge is 2.06. The summed E-state index contributed by atoms with van der Waals surface area (Å²) in [7, 11) is 0. The molecule has 3 heteroatoms. The van der Waals surface area contributed by atoms with E-state index in [0.29, 0.717) is 5.56 Å². The van der Waals surface area contributed by atoms with Gasteiger partial charge in [-0.3, -0.25) is 4.79 Å². The number of aryl methyl sites for hydroxylation is 1. The van der Waals surface area contributed by atoms with Crippen LogP contribution < -0.4 is 11.1 Å². The van der Waals surface area contributed by atoms with Gasteiger partial charge >= 0.3 is 0 Å². The van der Waals surface area contributed by atoms with E-state index in [0.717, 1.165) is 28.9 Å². The second-order valence-electron chi connectivity index (χ2n) is 5.94. The van der Waals surface area contributed by atoms with Crippen LogP contribution in [-0.4, -0.2) is 5.91 Å². The number of hydrogen-bond donors (Lipinski definition) is 2. The molecule has 3 nitrogen and oxygen atoms in total. The molecule has 0 atom stereocenters. The normalized spacial score (nSPS) is 10.4. The van der Waals surface area contributed by atoms with E-state index in [1.165, 1.54) is 5.56 Å². The van der Waals surface area contributed by atoms with Crippen molar-refractivity contribution in [1.29, 1.82) is 0 Å². The summed E-state index contributed by atoms with van der Waals surface area (Å²) in [6.07, 6.45) is 0.800. The molecular weight excluding hydrogens is 296 g/mol. The fourth-order valence-corrected chi connectivity index (χ4v) is 2.54. The molecule has 24 heavy (non-hydrogen) atoms. The van der Waals surface area contributed by atoms with E-state index >= 15 is 0 Å². The molecule has 3 aromatic rings. The molecular formula is C21H20N2O. The molecule has 0 aromatic heterocycles. The number of nitrogen functional groups attached to an aromatic ring is 1. The number of carbonyl (C=O) groups is 1. The topological polar surface area (TPSA) is 55.1 Å². The lowest BCUT2D eigenvalue weighted by Crippen LogP contribution is -2.11. The van der Waals surface area contributed by atoms with Crippen molar-refractivity contribution in [3.63, 3.8) is 0 Å². The zero-order valence-electron chi connectivity index (χ0n) is 13.6. The molecule has 0 aliphatic heterocycles. The van der Waals surface area contributed by atoms with Crippen molar-refractivity contribution >= 4 is 17.3 Å². The first-order valence-electron chi connectivity index (χ1n) is 7.91. The highest BCUT2D eigenvalue weighted by atomic mass is 16.1. The van der Waals surface area contributed by atoms with Crippen molar-refractivity contribution in [2.75, 3.05) is 11.1 Å². The van der Waals surface area contributed by atoms with Crippen molar-refractivity contribution in [1.82, 2.24) is 0 Å². The first kappa shape index (κ1) is 15.8. The van der Waals surface area contributed by atoms with Gasteiger partial charge in [0, 0.05) is 16.9 Å². The lowest BCUT2D eigenvalue weighted by molar-refractivity contribution is 0.102. The number of anilines is 2. The van der Waals surface area contributed by atoms with Crippen LogP contribution in [0.4, 0.5) is 11.4 Å². The molecule has 0 aliphatic rings. The predicted octanol–water partition coefficient (Wildman–Crippen LogP) is 4.42. The maximum Gasteiger partial charge on any atom is 0.255 e. The summed E-state index contributed by atoms with van der Waals surface area (Å²) in [5.74, 6) is -0.0976. The number of rotatable bonds is 4. The lowest BCUT2D eigenvalue weighted by atomic mass is 10.0. The second kappa shape index (κ2) is 7.01. The third kappa shape index (κ3) is 4.02. The molecule has 120 valence electrons. The zero-order valence-corrected chi connectivity index (χ0v) is 13.6. The Hall–Kier alpha value is -3.07. The molecule has 0 fully saturated rings. The minimum absolute atomic E-state index is 0.0976. The fourth-order valence-electron chi connectivity index (χ4n) is 2.54. The largest absolute Gasteiger partial charge is 0.399 e. The first-order valence-corrected chi connectivity index (χ1v) is 7.91. The molecule has 0 radical (unpaired) electrons. The second-order valence-corrected chi connectivity index (χ2v) is 5.94. The van der Waals surface area contributed by atoms with Crippen LogP contribution in [0.1, 0.15) is 27.0 Å². The standard InChI is InChI=1S/C21H20N2O/c1-15-5-9-18(10-6-15)21(24)23-20-4-2-3-17(14-20)13-16-7-11-19(22)12-8-16/h2-12,14H,13,22H2,1H3,(H,23,24). The van der Waals surface area contributed by atoms with Gasteiger partial charge in [-0.1, -0.05) is 42.0 Å². The Morgan fingerprint density at radius 3 is 2.33 bits per heavy atom. The predicted molar refractivity (Wildman–Crippen MR) is 99.2 cm³/mol. The molecule has 0 aliphatic carbocycles. The van der Waals surface area contributed by atoms with Gasteiger partial charge in [0.15, 0.2) is 0 Å². The number of hydrogen-bond acceptors (Lipinski definition) is 2. The van der Waals surface area contributed by atoms with Crippen LogP contribution in [0.5, 0.6) is 0 Å². The fraction of sp³-hybridized carbons (Fsp3) is 0.0952. The van der Waals surface area contributed by atoms with Gasteiger partial charge in [-0.05, 0) is 60.9 Å². The molecule has 0 spiro atoms. The van der Waals surface area contributed by atoms with Crippen molar-refractivity contribution in [3.05, 3.63) is 95.1 Å². The van der Waals surface area contributed by atoms with E-state index in [1.54, 1.807) is 0 Å². The quantitative estimate of drug-likeness (QED) is 0.700. The molecule has 3 aromatic carbocycles. The Kier molecular flexibility index (Phi) is 4.62. The van der Waals surface area contributed by atoms with Gasteiger partial charge in [-0.2, -0.15) is 0 Å². The molecule has 0 unspecified atom stereocenters. The van der Waals surface area contributed by atoms with Crippen LogP contribution in [0.25, 0.3) is 0 Å². The average molecular weight is 316 g/mol. The van der Waals surface area contributed by atoms with Gasteiger partial charge < -0.3 is 11.1 Å². The van der Waals surface area contributed by atoms with Gasteiger partial charge in [0.25, 0.3) is 5.91 Å². The zero-order chi connectivity index (χ0) is 16.9. The molecule has 0 saturated heterocycles. The summed E-state index contributed by atoms with van der Waals surface area (Å²) in [4.78, 5) is 12.3. The van der Waals surface area contributed by atoms with Crippen LogP contribution in [0.15, 0.2) is 72.8 Å². The summed E-state index contributed by atoms with van der Waals surface area (Å²) in [5.41, 5.74) is 11.4. The minimum atomic E-state index is -0.0976. The molecule has 3 N–H and O–H groups in total. The van der Waals surface area contributed by atoms with Crippen LogP contribution in [-0.2, 0) is 6.42 Å². The highest BCUT2D eigenvalue weighted by Crippen LogP contribution is 2.17. The van der Waals surface area contributed by atoms with E-state index in [2.05, 4.69) is 11.4 Å².